The number of benzene rings is 3. The zero-order chi connectivity index (χ0) is 21.6. The first-order valence-corrected chi connectivity index (χ1v) is 9.76. The molecule has 6 nitrogen and oxygen atoms in total. The van der Waals surface area contributed by atoms with E-state index in [4.69, 9.17) is 16.3 Å². The largest absolute Gasteiger partial charge is 0.489 e. The number of carbonyl (C=O) groups excluding carboxylic acids is 2. The Morgan fingerprint density at radius 3 is 2.55 bits per heavy atom. The molecule has 3 aromatic carbocycles. The first kappa shape index (κ1) is 20.3. The summed E-state index contributed by atoms with van der Waals surface area (Å²) < 4.78 is 5.70. The molecule has 0 aromatic heterocycles. The van der Waals surface area contributed by atoms with Crippen LogP contribution in [0.2, 0.25) is 5.02 Å². The maximum atomic E-state index is 12.3. The Hall–Kier alpha value is -3.99. The van der Waals surface area contributed by atoms with Crippen molar-refractivity contribution in [1.29, 1.82) is 0 Å². The second kappa shape index (κ2) is 9.22. The van der Waals surface area contributed by atoms with Crippen LogP contribution >= 0.6 is 11.6 Å². The molecule has 0 spiro atoms. The third-order valence-corrected chi connectivity index (χ3v) is 4.71. The number of hydrogen-bond acceptors (Lipinski definition) is 4. The lowest BCUT2D eigenvalue weighted by Crippen LogP contribution is -2.30. The minimum absolute atomic E-state index is 0.171. The summed E-state index contributed by atoms with van der Waals surface area (Å²) in [5.74, 6) is 2.28. The van der Waals surface area contributed by atoms with Crippen molar-refractivity contribution in [3.63, 3.8) is 0 Å². The molecule has 0 fully saturated rings. The number of nitrogens with zero attached hydrogens (tertiary/aromatic N) is 2. The number of nitrogens with one attached hydrogen (secondary N) is 1. The fraction of sp³-hybridized carbons (Fsp3) is 0.0417. The van der Waals surface area contributed by atoms with E-state index in [1.807, 2.05) is 24.3 Å². The third-order valence-electron chi connectivity index (χ3n) is 4.46. The lowest BCUT2D eigenvalue weighted by Gasteiger charge is -2.07. The third kappa shape index (κ3) is 5.14. The highest BCUT2D eigenvalue weighted by molar-refractivity contribution is 6.30. The smallest absolute Gasteiger partial charge is 0.287 e. The minimum Gasteiger partial charge on any atom is -0.489 e. The first-order valence-electron chi connectivity index (χ1n) is 9.39. The van der Waals surface area contributed by atoms with Crippen LogP contribution in [0.1, 0.15) is 15.9 Å². The van der Waals surface area contributed by atoms with Crippen molar-refractivity contribution >= 4 is 35.4 Å². The van der Waals surface area contributed by atoms with E-state index in [1.165, 1.54) is 0 Å². The quantitative estimate of drug-likeness (QED) is 0.385. The average molecular weight is 430 g/mol. The van der Waals surface area contributed by atoms with Gasteiger partial charge >= 0.3 is 0 Å². The number of para-hydroxylation sites is 1. The van der Waals surface area contributed by atoms with Crippen molar-refractivity contribution in [2.24, 2.45) is 10.1 Å². The molecular formula is C24H16ClN3O3. The van der Waals surface area contributed by atoms with Crippen molar-refractivity contribution < 1.29 is 14.3 Å². The van der Waals surface area contributed by atoms with Crippen LogP contribution in [0, 0.1) is 0 Å². The fourth-order valence-electron chi connectivity index (χ4n) is 2.83. The van der Waals surface area contributed by atoms with E-state index < -0.39 is 11.8 Å². The highest BCUT2D eigenvalue weighted by Crippen LogP contribution is 2.15. The summed E-state index contributed by atoms with van der Waals surface area (Å²) in [5, 5.41) is 5.82. The molecule has 0 unspecified atom stereocenters. The molecule has 31 heavy (non-hydrogen) atoms. The summed E-state index contributed by atoms with van der Waals surface area (Å²) in [7, 11) is 0. The van der Waals surface area contributed by atoms with E-state index in [-0.39, 0.29) is 5.57 Å². The molecule has 0 bridgehead atoms. The van der Waals surface area contributed by atoms with E-state index in [9.17, 15) is 9.59 Å². The molecule has 1 aliphatic rings. The molecule has 3 aromatic rings. The van der Waals surface area contributed by atoms with Gasteiger partial charge in [-0.05, 0) is 54.1 Å². The van der Waals surface area contributed by atoms with Crippen LogP contribution in [-0.2, 0) is 11.4 Å². The molecule has 1 aliphatic heterocycles. The molecule has 1 N–H and O–H groups in total. The van der Waals surface area contributed by atoms with Crippen LogP contribution in [0.15, 0.2) is 88.5 Å². The summed E-state index contributed by atoms with van der Waals surface area (Å²) in [5.41, 5.74) is 3.91. The molecule has 0 aliphatic carbocycles. The van der Waals surface area contributed by atoms with Crippen LogP contribution in [0.4, 0.5) is 0 Å². The van der Waals surface area contributed by atoms with Gasteiger partial charge in [-0.2, -0.15) is 0 Å². The number of carbonyl (C=O) groups is 2. The van der Waals surface area contributed by atoms with Gasteiger partial charge in [0.15, 0.2) is 0 Å². The molecule has 0 radical (unpaired) electrons. The van der Waals surface area contributed by atoms with E-state index in [0.717, 1.165) is 10.8 Å². The van der Waals surface area contributed by atoms with Gasteiger partial charge in [0, 0.05) is 21.7 Å². The van der Waals surface area contributed by atoms with Crippen LogP contribution < -0.4 is 20.7 Å². The predicted octanol–water partition coefficient (Wildman–Crippen LogP) is 2.80. The van der Waals surface area contributed by atoms with Gasteiger partial charge in [0.05, 0.1) is 5.36 Å². The zero-order valence-corrected chi connectivity index (χ0v) is 17.0. The standard InChI is InChI=1S/C24H16ClN3O3/c25-20-9-5-16(6-10-20)15-31-21-11-7-17(8-12-21)24(30)28-26-14-19-13-18-3-1-2-4-22(18)27-23(19)29/h1-13H,15H2,(H,28,30). The molecule has 1 heterocycles. The maximum Gasteiger partial charge on any atom is 0.287 e. The van der Waals surface area contributed by atoms with E-state index >= 15 is 0 Å². The van der Waals surface area contributed by atoms with Crippen molar-refractivity contribution in [2.45, 2.75) is 6.61 Å². The van der Waals surface area contributed by atoms with Crippen molar-refractivity contribution in [3.05, 3.63) is 105 Å². The SMILES string of the molecule is O=C1N=c2ccccc2=CC1=C=NNC(=O)c1ccc(OCc2ccc(Cl)cc2)cc1. The number of rotatable bonds is 5. The number of hydrogen-bond donors (Lipinski definition) is 1. The minimum atomic E-state index is -0.459. The first-order chi connectivity index (χ1) is 15.1. The topological polar surface area (TPSA) is 80.1 Å². The van der Waals surface area contributed by atoms with Crippen molar-refractivity contribution in [2.75, 3.05) is 0 Å². The summed E-state index contributed by atoms with van der Waals surface area (Å²) in [4.78, 5) is 28.3. The lowest BCUT2D eigenvalue weighted by atomic mass is 10.1. The highest BCUT2D eigenvalue weighted by atomic mass is 35.5. The zero-order valence-electron chi connectivity index (χ0n) is 16.2. The Morgan fingerprint density at radius 2 is 1.77 bits per heavy atom. The molecule has 2 amide bonds. The molecule has 0 atom stereocenters. The van der Waals surface area contributed by atoms with Gasteiger partial charge in [-0.3, -0.25) is 9.59 Å². The molecule has 0 saturated carbocycles. The second-order valence-electron chi connectivity index (χ2n) is 6.64. The van der Waals surface area contributed by atoms with Gasteiger partial charge in [-0.25, -0.2) is 10.4 Å². The maximum absolute atomic E-state index is 12.3. The van der Waals surface area contributed by atoms with Crippen molar-refractivity contribution in [3.8, 4) is 5.75 Å². The van der Waals surface area contributed by atoms with Gasteiger partial charge in [-0.1, -0.05) is 41.9 Å². The fourth-order valence-corrected chi connectivity index (χ4v) is 2.96. The molecular weight excluding hydrogens is 414 g/mol. The Morgan fingerprint density at radius 1 is 1.03 bits per heavy atom. The van der Waals surface area contributed by atoms with E-state index in [2.05, 4.69) is 21.4 Å². The van der Waals surface area contributed by atoms with Crippen LogP contribution in [0.3, 0.4) is 0 Å². The normalized spacial score (nSPS) is 12.0. The van der Waals surface area contributed by atoms with Gasteiger partial charge in [0.1, 0.15) is 17.9 Å². The number of fused-ring (bicyclic) bond motifs is 1. The molecule has 4 rings (SSSR count). The van der Waals surface area contributed by atoms with Crippen LogP contribution in [-0.4, -0.2) is 17.7 Å². The summed E-state index contributed by atoms with van der Waals surface area (Å²) in [6, 6.07) is 21.3. The van der Waals surface area contributed by atoms with E-state index in [0.29, 0.717) is 28.3 Å². The number of ether oxygens (including phenoxy) is 1. The van der Waals surface area contributed by atoms with E-state index in [1.54, 1.807) is 54.6 Å². The summed E-state index contributed by atoms with van der Waals surface area (Å²) in [6.07, 6.45) is 1.63. The Kier molecular flexibility index (Phi) is 6.03. The number of hydrazone groups is 1. The molecule has 0 saturated heterocycles. The Bertz CT molecular complexity index is 1320. The molecule has 7 heteroatoms. The van der Waals surface area contributed by atoms with Gasteiger partial charge in [0.2, 0.25) is 0 Å². The highest BCUT2D eigenvalue weighted by Gasteiger charge is 2.10. The van der Waals surface area contributed by atoms with Gasteiger partial charge in [-0.15, -0.1) is 5.10 Å². The lowest BCUT2D eigenvalue weighted by molar-refractivity contribution is -0.114. The van der Waals surface area contributed by atoms with Crippen molar-refractivity contribution in [1.82, 2.24) is 5.43 Å². The van der Waals surface area contributed by atoms with Gasteiger partial charge in [0.25, 0.3) is 11.8 Å². The Balaban J connectivity index is 1.38. The average Bonchev–Trinajstić information content (AvgIpc) is 2.79. The number of halogens is 1. The van der Waals surface area contributed by atoms with Gasteiger partial charge < -0.3 is 4.74 Å². The Labute approximate surface area is 182 Å². The summed E-state index contributed by atoms with van der Waals surface area (Å²) in [6.45, 7) is 0.388. The second-order valence-corrected chi connectivity index (χ2v) is 7.07. The van der Waals surface area contributed by atoms with Crippen LogP contribution in [0.5, 0.6) is 5.75 Å². The monoisotopic (exact) mass is 429 g/mol. The summed E-state index contributed by atoms with van der Waals surface area (Å²) >= 11 is 5.87. The molecule has 152 valence electrons. The predicted molar refractivity (Wildman–Crippen MR) is 117 cm³/mol. The number of amides is 2. The van der Waals surface area contributed by atoms with Crippen LogP contribution in [0.25, 0.3) is 6.08 Å².